The molecule has 0 unspecified atom stereocenters. The van der Waals surface area contributed by atoms with Gasteiger partial charge in [0.15, 0.2) is 5.82 Å². The van der Waals surface area contributed by atoms with E-state index in [2.05, 4.69) is 58.2 Å². The van der Waals surface area contributed by atoms with Crippen LogP contribution in [0.1, 0.15) is 44.1 Å². The summed E-state index contributed by atoms with van der Waals surface area (Å²) < 4.78 is 7.98. The average molecular weight is 501 g/mol. The molecule has 2 aliphatic heterocycles. The van der Waals surface area contributed by atoms with Gasteiger partial charge in [0, 0.05) is 60.3 Å². The number of nitrogens with one attached hydrogen (secondary N) is 1. The van der Waals surface area contributed by atoms with Crippen LogP contribution in [0.15, 0.2) is 30.6 Å². The van der Waals surface area contributed by atoms with Crippen LogP contribution in [0.4, 0.5) is 5.82 Å². The summed E-state index contributed by atoms with van der Waals surface area (Å²) in [5, 5.41) is 6.07. The van der Waals surface area contributed by atoms with Gasteiger partial charge in [-0.05, 0) is 52.3 Å². The molecule has 9 heteroatoms. The highest BCUT2D eigenvalue weighted by molar-refractivity contribution is 5.91. The predicted molar refractivity (Wildman–Crippen MR) is 146 cm³/mol. The van der Waals surface area contributed by atoms with Crippen molar-refractivity contribution in [3.05, 3.63) is 42.0 Å². The molecule has 6 rings (SSSR count). The average Bonchev–Trinajstić information content (AvgIpc) is 3.52. The van der Waals surface area contributed by atoms with Crippen molar-refractivity contribution in [3.63, 3.8) is 0 Å². The first kappa shape index (κ1) is 24.1. The number of rotatable bonds is 5. The smallest absolute Gasteiger partial charge is 0.162 e. The molecule has 0 saturated carbocycles. The zero-order chi connectivity index (χ0) is 25.5. The molecule has 0 spiro atoms. The van der Waals surface area contributed by atoms with Crippen LogP contribution < -0.4 is 4.90 Å². The Morgan fingerprint density at radius 1 is 1.11 bits per heavy atom. The highest BCUT2D eigenvalue weighted by Crippen LogP contribution is 2.35. The van der Waals surface area contributed by atoms with E-state index >= 15 is 0 Å². The summed E-state index contributed by atoms with van der Waals surface area (Å²) in [7, 11) is 0. The molecule has 0 aromatic carbocycles. The van der Waals surface area contributed by atoms with Crippen LogP contribution in [0.5, 0.6) is 0 Å². The molecule has 2 fully saturated rings. The van der Waals surface area contributed by atoms with Gasteiger partial charge in [0.1, 0.15) is 11.5 Å². The van der Waals surface area contributed by atoms with E-state index in [1.54, 1.807) is 0 Å². The van der Waals surface area contributed by atoms with Gasteiger partial charge in [0.05, 0.1) is 36.7 Å². The largest absolute Gasteiger partial charge is 0.377 e. The number of hydrogen-bond donors (Lipinski definition) is 1. The molecule has 0 radical (unpaired) electrons. The number of ether oxygens (including phenoxy) is 1. The topological polar surface area (TPSA) is 88.0 Å². The highest BCUT2D eigenvalue weighted by Gasteiger charge is 2.27. The van der Waals surface area contributed by atoms with Gasteiger partial charge in [-0.3, -0.25) is 4.68 Å². The molecule has 6 heterocycles. The van der Waals surface area contributed by atoms with Gasteiger partial charge in [0.25, 0.3) is 0 Å². The number of aryl methyl sites for hydroxylation is 1. The molecule has 1 atom stereocenters. The molecule has 0 aliphatic carbocycles. The summed E-state index contributed by atoms with van der Waals surface area (Å²) in [6.07, 6.45) is 5.99. The number of anilines is 1. The zero-order valence-electron chi connectivity index (χ0n) is 22.2. The van der Waals surface area contributed by atoms with Crippen LogP contribution in [0.25, 0.3) is 33.7 Å². The van der Waals surface area contributed by atoms with Crippen LogP contribution in [-0.2, 0) is 4.74 Å². The molecule has 1 N–H and O–H groups in total. The van der Waals surface area contributed by atoms with E-state index in [1.165, 1.54) is 5.69 Å². The molecular weight excluding hydrogens is 464 g/mol. The Kier molecular flexibility index (Phi) is 6.42. The van der Waals surface area contributed by atoms with Gasteiger partial charge in [-0.25, -0.2) is 15.0 Å². The fourth-order valence-electron chi connectivity index (χ4n) is 5.92. The maximum Gasteiger partial charge on any atom is 0.162 e. The number of nitrogens with zero attached hydrogens (tertiary/aromatic N) is 7. The molecule has 0 amide bonds. The summed E-state index contributed by atoms with van der Waals surface area (Å²) in [6.45, 7) is 14.3. The van der Waals surface area contributed by atoms with Crippen LogP contribution >= 0.6 is 0 Å². The van der Waals surface area contributed by atoms with E-state index in [4.69, 9.17) is 19.8 Å². The number of aromatic nitrogens is 6. The van der Waals surface area contributed by atoms with E-state index in [0.29, 0.717) is 25.1 Å². The van der Waals surface area contributed by atoms with Crippen molar-refractivity contribution in [2.75, 3.05) is 44.3 Å². The number of morpholine rings is 1. The summed E-state index contributed by atoms with van der Waals surface area (Å²) in [5.74, 6) is 1.64. The number of likely N-dealkylation sites (tertiary alicyclic amines) is 1. The number of fused-ring (bicyclic) bond motifs is 1. The van der Waals surface area contributed by atoms with Crippen molar-refractivity contribution < 1.29 is 4.74 Å². The lowest BCUT2D eigenvalue weighted by Crippen LogP contribution is -2.44. The van der Waals surface area contributed by atoms with Crippen molar-refractivity contribution >= 4 is 16.9 Å². The molecule has 9 nitrogen and oxygen atoms in total. The number of H-pyrrole nitrogens is 1. The third kappa shape index (κ3) is 4.40. The highest BCUT2D eigenvalue weighted by atomic mass is 16.5. The van der Waals surface area contributed by atoms with Crippen LogP contribution in [-0.4, -0.2) is 80.1 Å². The molecule has 2 saturated heterocycles. The Hall–Kier alpha value is -3.30. The second-order valence-corrected chi connectivity index (χ2v) is 10.3. The van der Waals surface area contributed by atoms with Crippen molar-refractivity contribution in [1.29, 1.82) is 0 Å². The molecule has 37 heavy (non-hydrogen) atoms. The fourth-order valence-corrected chi connectivity index (χ4v) is 5.92. The molecular formula is C28H36N8O. The first-order valence-corrected chi connectivity index (χ1v) is 13.5. The number of aromatic amines is 1. The van der Waals surface area contributed by atoms with Gasteiger partial charge in [-0.2, -0.15) is 5.10 Å². The Balaban J connectivity index is 1.47. The van der Waals surface area contributed by atoms with Gasteiger partial charge in [0.2, 0.25) is 0 Å². The minimum absolute atomic E-state index is 0.239. The third-order valence-corrected chi connectivity index (χ3v) is 8.01. The van der Waals surface area contributed by atoms with Gasteiger partial charge in [-0.15, -0.1) is 0 Å². The third-order valence-electron chi connectivity index (χ3n) is 8.01. The first-order chi connectivity index (χ1) is 18.0. The maximum atomic E-state index is 5.72. The van der Waals surface area contributed by atoms with Crippen molar-refractivity contribution in [2.45, 2.75) is 52.6 Å². The lowest BCUT2D eigenvalue weighted by molar-refractivity contribution is 0.0985. The summed E-state index contributed by atoms with van der Waals surface area (Å²) in [5.41, 5.74) is 6.05. The number of pyridine rings is 1. The molecule has 194 valence electrons. The van der Waals surface area contributed by atoms with E-state index < -0.39 is 0 Å². The van der Waals surface area contributed by atoms with Crippen LogP contribution in [0.2, 0.25) is 0 Å². The quantitative estimate of drug-likeness (QED) is 0.435. The Labute approximate surface area is 217 Å². The standard InChI is InChI=1S/C28H36N8O/c1-5-34-12-8-21(9-13-34)36-20(4)26(19(3)33-36)24-16-25(35-14-15-37-17-18(35)2)32-28(31-24)23-7-11-30-27-22(23)6-10-29-27/h6-7,10-11,16,18,21H,5,8-9,12-15,17H2,1-4H3,(H,29,30)/t18-/m1/s1. The summed E-state index contributed by atoms with van der Waals surface area (Å²) >= 11 is 0. The molecule has 0 bridgehead atoms. The monoisotopic (exact) mass is 500 g/mol. The van der Waals surface area contributed by atoms with Gasteiger partial charge >= 0.3 is 0 Å². The Morgan fingerprint density at radius 2 is 1.95 bits per heavy atom. The van der Waals surface area contributed by atoms with E-state index in [-0.39, 0.29) is 6.04 Å². The first-order valence-electron chi connectivity index (χ1n) is 13.5. The number of piperidine rings is 1. The summed E-state index contributed by atoms with van der Waals surface area (Å²) in [4.78, 5) is 22.8. The minimum atomic E-state index is 0.239. The van der Waals surface area contributed by atoms with Crippen LogP contribution in [0.3, 0.4) is 0 Å². The molecule has 4 aromatic heterocycles. The van der Waals surface area contributed by atoms with Crippen molar-refractivity contribution in [2.24, 2.45) is 0 Å². The van der Waals surface area contributed by atoms with E-state index in [0.717, 1.165) is 78.4 Å². The van der Waals surface area contributed by atoms with Crippen LogP contribution in [0, 0.1) is 13.8 Å². The lowest BCUT2D eigenvalue weighted by atomic mass is 10.0. The van der Waals surface area contributed by atoms with E-state index in [9.17, 15) is 0 Å². The fraction of sp³-hybridized carbons (Fsp3) is 0.500. The Morgan fingerprint density at radius 3 is 2.73 bits per heavy atom. The minimum Gasteiger partial charge on any atom is -0.377 e. The number of hydrogen-bond acceptors (Lipinski definition) is 7. The summed E-state index contributed by atoms with van der Waals surface area (Å²) in [6, 6.07) is 6.86. The zero-order valence-corrected chi connectivity index (χ0v) is 22.2. The second kappa shape index (κ2) is 9.87. The van der Waals surface area contributed by atoms with E-state index in [1.807, 2.05) is 24.5 Å². The lowest BCUT2D eigenvalue weighted by Gasteiger charge is -2.34. The predicted octanol–water partition coefficient (Wildman–Crippen LogP) is 4.38. The van der Waals surface area contributed by atoms with Crippen molar-refractivity contribution in [3.8, 4) is 22.6 Å². The van der Waals surface area contributed by atoms with Gasteiger partial charge in [-0.1, -0.05) is 6.92 Å². The molecule has 4 aromatic rings. The maximum absolute atomic E-state index is 5.72. The Bertz CT molecular complexity index is 1400. The second-order valence-electron chi connectivity index (χ2n) is 10.3. The SMILES string of the molecule is CCN1CCC(n2nc(C)c(-c3cc(N4CCOC[C@H]4C)nc(-c4ccnc5[nH]ccc45)n3)c2C)CC1. The van der Waals surface area contributed by atoms with Gasteiger partial charge < -0.3 is 19.5 Å². The molecule has 2 aliphatic rings. The normalized spacial score (nSPS) is 19.7. The van der Waals surface area contributed by atoms with Crippen molar-refractivity contribution in [1.82, 2.24) is 34.6 Å².